The van der Waals surface area contributed by atoms with E-state index in [1.165, 1.54) is 11.3 Å². The maximum Gasteiger partial charge on any atom is 0.261 e. The first-order chi connectivity index (χ1) is 14.1. The lowest BCUT2D eigenvalue weighted by atomic mass is 10.0. The molecule has 2 rings (SSSR count). The summed E-state index contributed by atoms with van der Waals surface area (Å²) in [5, 5.41) is 11.6. The molecule has 172 valence electrons. The number of hydrogen-bond donors (Lipinski definition) is 3. The van der Waals surface area contributed by atoms with E-state index in [-0.39, 0.29) is 29.9 Å². The predicted octanol–water partition coefficient (Wildman–Crippen LogP) is 2.79. The van der Waals surface area contributed by atoms with Crippen molar-refractivity contribution in [1.82, 2.24) is 20.9 Å². The van der Waals surface area contributed by atoms with Crippen molar-refractivity contribution in [1.29, 1.82) is 0 Å². The van der Waals surface area contributed by atoms with E-state index in [0.717, 1.165) is 69.6 Å². The van der Waals surface area contributed by atoms with Gasteiger partial charge in [-0.25, -0.2) is 0 Å². The van der Waals surface area contributed by atoms with Crippen LogP contribution in [0.15, 0.2) is 22.5 Å². The lowest BCUT2D eigenvalue weighted by molar-refractivity contribution is 0.0143. The van der Waals surface area contributed by atoms with E-state index in [1.54, 1.807) is 0 Å². The molecule has 0 radical (unpaired) electrons. The number of ether oxygens (including phenoxy) is 1. The van der Waals surface area contributed by atoms with Gasteiger partial charge in [-0.3, -0.25) is 14.7 Å². The molecule has 1 saturated heterocycles. The smallest absolute Gasteiger partial charge is 0.261 e. The summed E-state index contributed by atoms with van der Waals surface area (Å²) in [6.45, 7) is 13.2. The second-order valence-corrected chi connectivity index (χ2v) is 8.61. The molecule has 30 heavy (non-hydrogen) atoms. The minimum atomic E-state index is 0. The van der Waals surface area contributed by atoms with E-state index in [4.69, 9.17) is 9.73 Å². The lowest BCUT2D eigenvalue weighted by Gasteiger charge is -2.34. The Labute approximate surface area is 202 Å². The van der Waals surface area contributed by atoms with Crippen molar-refractivity contribution < 1.29 is 9.53 Å². The van der Waals surface area contributed by atoms with Gasteiger partial charge in [-0.05, 0) is 37.1 Å². The van der Waals surface area contributed by atoms with Crippen LogP contribution in [0.5, 0.6) is 0 Å². The number of hydrogen-bond acceptors (Lipinski definition) is 5. The van der Waals surface area contributed by atoms with Crippen LogP contribution >= 0.6 is 35.3 Å². The molecule has 0 saturated carbocycles. The number of aliphatic imine (C=N–C) groups is 1. The highest BCUT2D eigenvalue weighted by molar-refractivity contribution is 14.0. The molecule has 0 aromatic carbocycles. The summed E-state index contributed by atoms with van der Waals surface area (Å²) in [7, 11) is 0. The van der Waals surface area contributed by atoms with E-state index >= 15 is 0 Å². The molecule has 0 aliphatic carbocycles. The summed E-state index contributed by atoms with van der Waals surface area (Å²) in [6.07, 6.45) is 1.98. The van der Waals surface area contributed by atoms with Crippen molar-refractivity contribution in [3.63, 3.8) is 0 Å². The summed E-state index contributed by atoms with van der Waals surface area (Å²) < 4.78 is 5.50. The van der Waals surface area contributed by atoms with Crippen LogP contribution in [-0.2, 0) is 4.74 Å². The largest absolute Gasteiger partial charge is 0.379 e. The Morgan fingerprint density at radius 1 is 1.23 bits per heavy atom. The zero-order chi connectivity index (χ0) is 20.9. The van der Waals surface area contributed by atoms with E-state index < -0.39 is 0 Å². The first kappa shape index (κ1) is 27.1. The molecule has 1 fully saturated rings. The van der Waals surface area contributed by atoms with Gasteiger partial charge in [0.2, 0.25) is 0 Å². The van der Waals surface area contributed by atoms with Gasteiger partial charge in [0.05, 0.1) is 24.6 Å². The van der Waals surface area contributed by atoms with Gasteiger partial charge in [0, 0.05) is 38.8 Å². The molecule has 2 heterocycles. The number of halogens is 1. The molecular formula is C21H38IN5O2S. The maximum atomic E-state index is 12.0. The molecule has 0 spiro atoms. The van der Waals surface area contributed by atoms with Crippen molar-refractivity contribution in [3.05, 3.63) is 22.4 Å². The Balaban J connectivity index is 0.00000450. The highest BCUT2D eigenvalue weighted by Crippen LogP contribution is 2.14. The normalized spacial score (nSPS) is 16.1. The number of amides is 1. The van der Waals surface area contributed by atoms with E-state index in [9.17, 15) is 4.79 Å². The van der Waals surface area contributed by atoms with Gasteiger partial charge in [-0.2, -0.15) is 0 Å². The summed E-state index contributed by atoms with van der Waals surface area (Å²) in [5.74, 6) is 1.49. The highest BCUT2D eigenvalue weighted by Gasteiger charge is 2.21. The standard InChI is InChI=1S/C21H37N5O2S.HI/c1-4-22-21(24-9-6-8-23-20(27)19-7-5-14-29-19)25-16-18(15-17(2)3)26-10-12-28-13-11-26;/h5,7,14,17-18H,4,6,8-13,15-16H2,1-3H3,(H,23,27)(H2,22,24,25);1H. The number of rotatable bonds is 11. The quantitative estimate of drug-likeness (QED) is 0.171. The Bertz CT molecular complexity index is 607. The minimum Gasteiger partial charge on any atom is -0.379 e. The van der Waals surface area contributed by atoms with Crippen LogP contribution < -0.4 is 16.0 Å². The Morgan fingerprint density at radius 2 is 1.97 bits per heavy atom. The van der Waals surface area contributed by atoms with Gasteiger partial charge in [0.1, 0.15) is 0 Å². The SMILES string of the molecule is CCNC(=NCC(CC(C)C)N1CCOCC1)NCCCNC(=O)c1cccs1.I. The second kappa shape index (κ2) is 15.8. The first-order valence-electron chi connectivity index (χ1n) is 10.8. The number of carbonyl (C=O) groups is 1. The summed E-state index contributed by atoms with van der Waals surface area (Å²) >= 11 is 1.46. The van der Waals surface area contributed by atoms with E-state index in [1.807, 2.05) is 17.5 Å². The number of guanidine groups is 1. The second-order valence-electron chi connectivity index (χ2n) is 7.66. The number of thiophene rings is 1. The Morgan fingerprint density at radius 3 is 2.60 bits per heavy atom. The van der Waals surface area contributed by atoms with E-state index in [2.05, 4.69) is 41.6 Å². The fraction of sp³-hybridized carbons (Fsp3) is 0.714. The molecule has 1 aromatic rings. The van der Waals surface area contributed by atoms with Crippen LogP contribution in [0.4, 0.5) is 0 Å². The third-order valence-corrected chi connectivity index (χ3v) is 5.66. The van der Waals surface area contributed by atoms with Crippen molar-refractivity contribution in [3.8, 4) is 0 Å². The van der Waals surface area contributed by atoms with Crippen LogP contribution in [0, 0.1) is 5.92 Å². The van der Waals surface area contributed by atoms with Crippen molar-refractivity contribution in [2.24, 2.45) is 10.9 Å². The molecule has 0 bridgehead atoms. The molecule has 1 atom stereocenters. The van der Waals surface area contributed by atoms with Gasteiger partial charge < -0.3 is 20.7 Å². The van der Waals surface area contributed by atoms with Gasteiger partial charge in [-0.1, -0.05) is 19.9 Å². The molecule has 1 aliphatic rings. The molecule has 1 aliphatic heterocycles. The summed E-state index contributed by atoms with van der Waals surface area (Å²) in [5.41, 5.74) is 0. The molecule has 9 heteroatoms. The third kappa shape index (κ3) is 10.4. The Kier molecular flexibility index (Phi) is 14.3. The van der Waals surface area contributed by atoms with Gasteiger partial charge in [0.25, 0.3) is 5.91 Å². The molecule has 3 N–H and O–H groups in total. The van der Waals surface area contributed by atoms with Crippen LogP contribution in [0.2, 0.25) is 0 Å². The van der Waals surface area contributed by atoms with Gasteiger partial charge in [0.15, 0.2) is 5.96 Å². The van der Waals surface area contributed by atoms with Crippen molar-refractivity contribution in [2.75, 3.05) is 52.5 Å². The third-order valence-electron chi connectivity index (χ3n) is 4.79. The van der Waals surface area contributed by atoms with Gasteiger partial charge in [-0.15, -0.1) is 35.3 Å². The van der Waals surface area contributed by atoms with Gasteiger partial charge >= 0.3 is 0 Å². The number of nitrogens with zero attached hydrogens (tertiary/aromatic N) is 2. The average molecular weight is 552 g/mol. The van der Waals surface area contributed by atoms with Crippen molar-refractivity contribution in [2.45, 2.75) is 39.7 Å². The monoisotopic (exact) mass is 551 g/mol. The maximum absolute atomic E-state index is 12.0. The predicted molar refractivity (Wildman–Crippen MR) is 136 cm³/mol. The Hall–Kier alpha value is -0.910. The number of morpholine rings is 1. The molecule has 7 nitrogen and oxygen atoms in total. The van der Waals surface area contributed by atoms with Crippen LogP contribution in [0.3, 0.4) is 0 Å². The molecule has 1 unspecified atom stereocenters. The lowest BCUT2D eigenvalue weighted by Crippen LogP contribution is -2.46. The molecular weight excluding hydrogens is 513 g/mol. The molecule has 1 aromatic heterocycles. The van der Waals surface area contributed by atoms with Crippen molar-refractivity contribution >= 4 is 47.2 Å². The zero-order valence-corrected chi connectivity index (χ0v) is 21.6. The highest BCUT2D eigenvalue weighted by atomic mass is 127. The van der Waals surface area contributed by atoms with Crippen LogP contribution in [0.1, 0.15) is 43.3 Å². The number of nitrogens with one attached hydrogen (secondary N) is 3. The topological polar surface area (TPSA) is 78.0 Å². The zero-order valence-electron chi connectivity index (χ0n) is 18.5. The van der Waals surface area contributed by atoms with Crippen LogP contribution in [-0.4, -0.2) is 75.3 Å². The fourth-order valence-corrected chi connectivity index (χ4v) is 4.00. The van der Waals surface area contributed by atoms with E-state index in [0.29, 0.717) is 18.5 Å². The average Bonchev–Trinajstić information content (AvgIpc) is 3.26. The minimum absolute atomic E-state index is 0. The summed E-state index contributed by atoms with van der Waals surface area (Å²) in [4.78, 5) is 20.1. The first-order valence-corrected chi connectivity index (χ1v) is 11.6. The fourth-order valence-electron chi connectivity index (χ4n) is 3.36. The number of carbonyl (C=O) groups excluding carboxylic acids is 1. The molecule has 1 amide bonds. The van der Waals surface area contributed by atoms with Crippen LogP contribution in [0.25, 0.3) is 0 Å². The summed E-state index contributed by atoms with van der Waals surface area (Å²) in [6, 6.07) is 4.18.